The SMILES string of the molecule is COc1ccc(Cl)cc1NC(=O)c1cccc(N2C(=O)[C@@H]3[C@H]4CC[C@@H](C4)[C@@H]3C2=O)c1. The highest BCUT2D eigenvalue weighted by molar-refractivity contribution is 6.31. The topological polar surface area (TPSA) is 75.7 Å². The van der Waals surface area contributed by atoms with Crippen LogP contribution in [0.5, 0.6) is 5.75 Å². The molecule has 5 rings (SSSR count). The van der Waals surface area contributed by atoms with Crippen LogP contribution in [0.2, 0.25) is 5.02 Å². The van der Waals surface area contributed by atoms with Crippen molar-refractivity contribution in [3.05, 3.63) is 53.1 Å². The summed E-state index contributed by atoms with van der Waals surface area (Å²) in [5.41, 5.74) is 1.24. The predicted octanol–water partition coefficient (Wildman–Crippen LogP) is 4.14. The fourth-order valence-corrected chi connectivity index (χ4v) is 5.59. The number of methoxy groups -OCH3 is 1. The minimum absolute atomic E-state index is 0.119. The zero-order chi connectivity index (χ0) is 21.0. The molecule has 30 heavy (non-hydrogen) atoms. The lowest BCUT2D eigenvalue weighted by Crippen LogP contribution is -2.33. The molecule has 2 aromatic rings. The summed E-state index contributed by atoms with van der Waals surface area (Å²) in [5.74, 6) is 0.131. The van der Waals surface area contributed by atoms with Gasteiger partial charge < -0.3 is 10.1 Å². The molecule has 1 aliphatic heterocycles. The summed E-state index contributed by atoms with van der Waals surface area (Å²) in [6.07, 6.45) is 3.05. The molecule has 154 valence electrons. The lowest BCUT2D eigenvalue weighted by atomic mass is 9.81. The number of benzene rings is 2. The first-order valence-corrected chi connectivity index (χ1v) is 10.5. The molecule has 2 bridgehead atoms. The quantitative estimate of drug-likeness (QED) is 0.748. The molecule has 4 atom stereocenters. The van der Waals surface area contributed by atoms with Gasteiger partial charge in [0.15, 0.2) is 0 Å². The molecule has 0 radical (unpaired) electrons. The van der Waals surface area contributed by atoms with E-state index in [0.29, 0.717) is 39.5 Å². The molecule has 3 aliphatic rings. The van der Waals surface area contributed by atoms with Crippen LogP contribution in [-0.2, 0) is 9.59 Å². The Morgan fingerprint density at radius 1 is 1.07 bits per heavy atom. The zero-order valence-electron chi connectivity index (χ0n) is 16.4. The first kappa shape index (κ1) is 19.1. The Bertz CT molecular complexity index is 1040. The fraction of sp³-hybridized carbons (Fsp3) is 0.348. The van der Waals surface area contributed by atoms with E-state index in [1.54, 1.807) is 42.5 Å². The number of imide groups is 1. The van der Waals surface area contributed by atoms with Crippen LogP contribution in [0.1, 0.15) is 29.6 Å². The second kappa shape index (κ2) is 7.13. The average Bonchev–Trinajstić information content (AvgIpc) is 3.42. The molecule has 0 spiro atoms. The third-order valence-corrected chi connectivity index (χ3v) is 6.94. The van der Waals surface area contributed by atoms with Crippen molar-refractivity contribution in [2.24, 2.45) is 23.7 Å². The molecule has 3 amide bonds. The molecule has 1 saturated heterocycles. The van der Waals surface area contributed by atoms with Gasteiger partial charge in [0.05, 0.1) is 30.3 Å². The summed E-state index contributed by atoms with van der Waals surface area (Å²) >= 11 is 6.03. The number of anilines is 2. The van der Waals surface area contributed by atoms with Crippen LogP contribution in [0.15, 0.2) is 42.5 Å². The number of amides is 3. The molecule has 3 fully saturated rings. The van der Waals surface area contributed by atoms with Gasteiger partial charge in [0, 0.05) is 10.6 Å². The monoisotopic (exact) mass is 424 g/mol. The van der Waals surface area contributed by atoms with Crippen molar-refractivity contribution < 1.29 is 19.1 Å². The van der Waals surface area contributed by atoms with Crippen LogP contribution in [0.25, 0.3) is 0 Å². The van der Waals surface area contributed by atoms with Gasteiger partial charge in [0.25, 0.3) is 5.91 Å². The van der Waals surface area contributed by atoms with Crippen molar-refractivity contribution in [1.82, 2.24) is 0 Å². The van der Waals surface area contributed by atoms with Gasteiger partial charge >= 0.3 is 0 Å². The molecule has 6 nitrogen and oxygen atoms in total. The summed E-state index contributed by atoms with van der Waals surface area (Å²) in [7, 11) is 1.51. The minimum Gasteiger partial charge on any atom is -0.495 e. The first-order chi connectivity index (χ1) is 14.5. The van der Waals surface area contributed by atoms with Crippen molar-refractivity contribution >= 4 is 40.7 Å². The lowest BCUT2D eigenvalue weighted by Gasteiger charge is -2.19. The van der Waals surface area contributed by atoms with E-state index >= 15 is 0 Å². The summed E-state index contributed by atoms with van der Waals surface area (Å²) in [4.78, 5) is 40.2. The van der Waals surface area contributed by atoms with Crippen LogP contribution < -0.4 is 15.0 Å². The third-order valence-electron chi connectivity index (χ3n) is 6.70. The number of rotatable bonds is 4. The van der Waals surface area contributed by atoms with Crippen LogP contribution >= 0.6 is 11.6 Å². The van der Waals surface area contributed by atoms with E-state index < -0.39 is 0 Å². The molecular weight excluding hydrogens is 404 g/mol. The Morgan fingerprint density at radius 2 is 1.77 bits per heavy atom. The van der Waals surface area contributed by atoms with Gasteiger partial charge in [-0.15, -0.1) is 0 Å². The maximum Gasteiger partial charge on any atom is 0.255 e. The Balaban J connectivity index is 1.41. The highest BCUT2D eigenvalue weighted by Crippen LogP contribution is 2.56. The van der Waals surface area contributed by atoms with Crippen LogP contribution in [0.3, 0.4) is 0 Å². The number of ether oxygens (including phenoxy) is 1. The van der Waals surface area contributed by atoms with Crippen molar-refractivity contribution in [1.29, 1.82) is 0 Å². The maximum atomic E-state index is 13.1. The van der Waals surface area contributed by atoms with Crippen molar-refractivity contribution in [3.8, 4) is 5.75 Å². The predicted molar refractivity (Wildman–Crippen MR) is 113 cm³/mol. The van der Waals surface area contributed by atoms with Gasteiger partial charge in [-0.05, 0) is 67.5 Å². The van der Waals surface area contributed by atoms with Crippen LogP contribution in [0, 0.1) is 23.7 Å². The van der Waals surface area contributed by atoms with E-state index in [1.165, 1.54) is 12.0 Å². The number of hydrogen-bond acceptors (Lipinski definition) is 4. The largest absolute Gasteiger partial charge is 0.495 e. The second-order valence-electron chi connectivity index (χ2n) is 8.25. The lowest BCUT2D eigenvalue weighted by molar-refractivity contribution is -0.123. The van der Waals surface area contributed by atoms with Gasteiger partial charge in [-0.2, -0.15) is 0 Å². The Kier molecular flexibility index (Phi) is 4.54. The van der Waals surface area contributed by atoms with E-state index in [0.717, 1.165) is 19.3 Å². The summed E-state index contributed by atoms with van der Waals surface area (Å²) in [6.45, 7) is 0. The van der Waals surface area contributed by atoms with Gasteiger partial charge in [-0.3, -0.25) is 19.3 Å². The first-order valence-electron chi connectivity index (χ1n) is 10.1. The summed E-state index contributed by atoms with van der Waals surface area (Å²) in [5, 5.41) is 3.25. The standard InChI is InChI=1S/C23H21ClN2O4/c1-30-18-8-7-15(24)11-17(18)25-21(27)14-3-2-4-16(10-14)26-22(28)19-12-5-6-13(9-12)20(19)23(26)29/h2-4,7-8,10-13,19-20H,5-6,9H2,1H3,(H,25,27)/t12-,13-,19-,20+/m0/s1. The average molecular weight is 425 g/mol. The number of carbonyl (C=O) groups is 3. The number of fused-ring (bicyclic) bond motifs is 5. The van der Waals surface area contributed by atoms with Crippen molar-refractivity contribution in [2.45, 2.75) is 19.3 Å². The van der Waals surface area contributed by atoms with E-state index in [9.17, 15) is 14.4 Å². The Labute approximate surface area is 179 Å². The zero-order valence-corrected chi connectivity index (χ0v) is 17.2. The second-order valence-corrected chi connectivity index (χ2v) is 8.68. The number of carbonyl (C=O) groups excluding carboxylic acids is 3. The van der Waals surface area contributed by atoms with Gasteiger partial charge in [-0.1, -0.05) is 17.7 Å². The van der Waals surface area contributed by atoms with Gasteiger partial charge in [0.2, 0.25) is 11.8 Å². The molecule has 0 unspecified atom stereocenters. The van der Waals surface area contributed by atoms with E-state index in [-0.39, 0.29) is 29.6 Å². The smallest absolute Gasteiger partial charge is 0.255 e. The highest BCUT2D eigenvalue weighted by Gasteiger charge is 2.61. The molecule has 2 aliphatic carbocycles. The van der Waals surface area contributed by atoms with E-state index in [2.05, 4.69) is 5.32 Å². The summed E-state index contributed by atoms with van der Waals surface area (Å²) in [6, 6.07) is 11.6. The van der Waals surface area contributed by atoms with Crippen molar-refractivity contribution in [2.75, 3.05) is 17.3 Å². The molecule has 2 saturated carbocycles. The fourth-order valence-electron chi connectivity index (χ4n) is 5.42. The highest BCUT2D eigenvalue weighted by atomic mass is 35.5. The third kappa shape index (κ3) is 2.89. The summed E-state index contributed by atoms with van der Waals surface area (Å²) < 4.78 is 5.27. The van der Waals surface area contributed by atoms with Crippen molar-refractivity contribution in [3.63, 3.8) is 0 Å². The number of halogens is 1. The van der Waals surface area contributed by atoms with Gasteiger partial charge in [-0.25, -0.2) is 0 Å². The molecule has 1 heterocycles. The molecular formula is C23H21ClN2O4. The number of hydrogen-bond donors (Lipinski definition) is 1. The minimum atomic E-state index is -0.378. The van der Waals surface area contributed by atoms with E-state index in [1.807, 2.05) is 0 Å². The van der Waals surface area contributed by atoms with Crippen LogP contribution in [0.4, 0.5) is 11.4 Å². The molecule has 7 heteroatoms. The maximum absolute atomic E-state index is 13.1. The van der Waals surface area contributed by atoms with E-state index in [4.69, 9.17) is 16.3 Å². The van der Waals surface area contributed by atoms with Crippen LogP contribution in [-0.4, -0.2) is 24.8 Å². The Morgan fingerprint density at radius 3 is 2.43 bits per heavy atom. The molecule has 2 aromatic carbocycles. The molecule has 0 aromatic heterocycles. The number of nitrogens with one attached hydrogen (secondary N) is 1. The van der Waals surface area contributed by atoms with Gasteiger partial charge in [0.1, 0.15) is 5.75 Å². The Hall–Kier alpha value is -2.86. The normalized spacial score (nSPS) is 26.8. The number of nitrogens with zero attached hydrogens (tertiary/aromatic N) is 1. The molecule has 1 N–H and O–H groups in total.